The van der Waals surface area contributed by atoms with E-state index in [4.69, 9.17) is 5.73 Å². The molecule has 1 unspecified atom stereocenters. The second kappa shape index (κ2) is 5.36. The van der Waals surface area contributed by atoms with E-state index in [2.05, 4.69) is 0 Å². The van der Waals surface area contributed by atoms with Crippen molar-refractivity contribution >= 4 is 11.4 Å². The highest BCUT2D eigenvalue weighted by Gasteiger charge is 2.11. The predicted molar refractivity (Wildman–Crippen MR) is 73.5 cm³/mol. The topological polar surface area (TPSA) is 29.3 Å². The third-order valence-corrected chi connectivity index (χ3v) is 3.07. The van der Waals surface area contributed by atoms with Gasteiger partial charge >= 0.3 is 0 Å². The van der Waals surface area contributed by atoms with Gasteiger partial charge in [0.2, 0.25) is 0 Å². The standard InChI is InChI=1S/C15H16F2N2/c1-10(18)11-3-8-15(14(17)9-11)19(2)13-6-4-12(16)5-7-13/h3-10H,18H2,1-2H3. The summed E-state index contributed by atoms with van der Waals surface area (Å²) in [6, 6.07) is 10.6. The molecular weight excluding hydrogens is 246 g/mol. The second-order valence-corrected chi connectivity index (χ2v) is 4.53. The molecule has 0 radical (unpaired) electrons. The maximum absolute atomic E-state index is 14.1. The molecule has 0 saturated carbocycles. The molecule has 1 atom stereocenters. The van der Waals surface area contributed by atoms with Crippen molar-refractivity contribution in [3.05, 3.63) is 59.7 Å². The summed E-state index contributed by atoms with van der Waals surface area (Å²) in [6.45, 7) is 1.80. The van der Waals surface area contributed by atoms with Gasteiger partial charge in [-0.05, 0) is 48.9 Å². The first-order valence-electron chi connectivity index (χ1n) is 6.03. The summed E-state index contributed by atoms with van der Waals surface area (Å²) in [5, 5.41) is 0. The lowest BCUT2D eigenvalue weighted by atomic mass is 10.1. The Hall–Kier alpha value is -1.94. The van der Waals surface area contributed by atoms with Gasteiger partial charge in [0.15, 0.2) is 0 Å². The molecule has 0 saturated heterocycles. The van der Waals surface area contributed by atoms with Crippen molar-refractivity contribution in [3.8, 4) is 0 Å². The maximum atomic E-state index is 14.1. The summed E-state index contributed by atoms with van der Waals surface area (Å²) in [7, 11) is 1.73. The van der Waals surface area contributed by atoms with Gasteiger partial charge in [-0.2, -0.15) is 0 Å². The van der Waals surface area contributed by atoms with Crippen LogP contribution in [0.5, 0.6) is 0 Å². The number of nitrogens with zero attached hydrogens (tertiary/aromatic N) is 1. The predicted octanol–water partition coefficient (Wildman–Crippen LogP) is 3.75. The van der Waals surface area contributed by atoms with E-state index in [-0.39, 0.29) is 17.7 Å². The van der Waals surface area contributed by atoms with Crippen LogP contribution in [0.15, 0.2) is 42.5 Å². The van der Waals surface area contributed by atoms with Gasteiger partial charge in [-0.1, -0.05) is 6.07 Å². The van der Waals surface area contributed by atoms with Gasteiger partial charge in [0.25, 0.3) is 0 Å². The zero-order valence-corrected chi connectivity index (χ0v) is 10.9. The summed E-state index contributed by atoms with van der Waals surface area (Å²) in [4.78, 5) is 1.67. The summed E-state index contributed by atoms with van der Waals surface area (Å²) in [5.41, 5.74) is 7.60. The molecule has 19 heavy (non-hydrogen) atoms. The third kappa shape index (κ3) is 2.90. The Morgan fingerprint density at radius 2 is 1.68 bits per heavy atom. The van der Waals surface area contributed by atoms with Crippen LogP contribution < -0.4 is 10.6 Å². The molecule has 4 heteroatoms. The Morgan fingerprint density at radius 3 is 2.21 bits per heavy atom. The van der Waals surface area contributed by atoms with Crippen molar-refractivity contribution in [2.24, 2.45) is 5.73 Å². The molecule has 2 nitrogen and oxygen atoms in total. The minimum atomic E-state index is -0.346. The largest absolute Gasteiger partial charge is 0.342 e. The minimum Gasteiger partial charge on any atom is -0.342 e. The Balaban J connectivity index is 2.33. The first kappa shape index (κ1) is 13.5. The summed E-state index contributed by atoms with van der Waals surface area (Å²) in [6.07, 6.45) is 0. The van der Waals surface area contributed by atoms with Crippen molar-refractivity contribution < 1.29 is 8.78 Å². The van der Waals surface area contributed by atoms with Gasteiger partial charge in [-0.3, -0.25) is 0 Å². The van der Waals surface area contributed by atoms with E-state index in [0.717, 1.165) is 5.56 Å². The molecule has 2 aromatic rings. The van der Waals surface area contributed by atoms with Gasteiger partial charge in [0.1, 0.15) is 11.6 Å². The lowest BCUT2D eigenvalue weighted by Crippen LogP contribution is -2.12. The van der Waals surface area contributed by atoms with E-state index < -0.39 is 0 Å². The SMILES string of the molecule is CC(N)c1ccc(N(C)c2ccc(F)cc2)c(F)c1. The summed E-state index contributed by atoms with van der Waals surface area (Å²) >= 11 is 0. The molecule has 0 spiro atoms. The molecular formula is C15H16F2N2. The van der Waals surface area contributed by atoms with E-state index in [0.29, 0.717) is 11.4 Å². The van der Waals surface area contributed by atoms with Gasteiger partial charge in [-0.25, -0.2) is 8.78 Å². The molecule has 0 aliphatic heterocycles. The first-order valence-corrected chi connectivity index (χ1v) is 6.03. The van der Waals surface area contributed by atoms with Crippen molar-refractivity contribution in [2.75, 3.05) is 11.9 Å². The molecule has 0 amide bonds. The Labute approximate surface area is 111 Å². The van der Waals surface area contributed by atoms with Crippen molar-refractivity contribution in [2.45, 2.75) is 13.0 Å². The van der Waals surface area contributed by atoms with Gasteiger partial charge in [0.05, 0.1) is 5.69 Å². The lowest BCUT2D eigenvalue weighted by molar-refractivity contribution is 0.621. The minimum absolute atomic E-state index is 0.209. The zero-order valence-electron chi connectivity index (χ0n) is 10.9. The van der Waals surface area contributed by atoms with Crippen molar-refractivity contribution in [1.29, 1.82) is 0 Å². The van der Waals surface area contributed by atoms with Crippen LogP contribution in [0.3, 0.4) is 0 Å². The Kier molecular flexibility index (Phi) is 3.81. The second-order valence-electron chi connectivity index (χ2n) is 4.53. The van der Waals surface area contributed by atoms with Crippen LogP contribution in [0.25, 0.3) is 0 Å². The van der Waals surface area contributed by atoms with E-state index in [1.807, 2.05) is 0 Å². The quantitative estimate of drug-likeness (QED) is 0.912. The van der Waals surface area contributed by atoms with Crippen LogP contribution in [-0.4, -0.2) is 7.05 Å². The fourth-order valence-corrected chi connectivity index (χ4v) is 1.88. The molecule has 0 heterocycles. The van der Waals surface area contributed by atoms with E-state index >= 15 is 0 Å². The van der Waals surface area contributed by atoms with E-state index in [1.54, 1.807) is 43.1 Å². The van der Waals surface area contributed by atoms with Crippen molar-refractivity contribution in [1.82, 2.24) is 0 Å². The lowest BCUT2D eigenvalue weighted by Gasteiger charge is -2.21. The van der Waals surface area contributed by atoms with Crippen LogP contribution in [0.4, 0.5) is 20.2 Å². The molecule has 0 aliphatic carbocycles. The van der Waals surface area contributed by atoms with Crippen LogP contribution in [0.1, 0.15) is 18.5 Å². The number of hydrogen-bond acceptors (Lipinski definition) is 2. The highest BCUT2D eigenvalue weighted by atomic mass is 19.1. The molecule has 2 aromatic carbocycles. The maximum Gasteiger partial charge on any atom is 0.147 e. The van der Waals surface area contributed by atoms with Crippen LogP contribution in [-0.2, 0) is 0 Å². The summed E-state index contributed by atoms with van der Waals surface area (Å²) < 4.78 is 26.9. The Morgan fingerprint density at radius 1 is 1.05 bits per heavy atom. The first-order chi connectivity index (χ1) is 8.99. The average molecular weight is 262 g/mol. The van der Waals surface area contributed by atoms with Crippen molar-refractivity contribution in [3.63, 3.8) is 0 Å². The van der Waals surface area contributed by atoms with Crippen LogP contribution in [0.2, 0.25) is 0 Å². The highest BCUT2D eigenvalue weighted by Crippen LogP contribution is 2.28. The fraction of sp³-hybridized carbons (Fsp3) is 0.200. The van der Waals surface area contributed by atoms with Crippen LogP contribution in [0, 0.1) is 11.6 Å². The number of hydrogen-bond donors (Lipinski definition) is 1. The molecule has 100 valence electrons. The number of rotatable bonds is 3. The average Bonchev–Trinajstić information content (AvgIpc) is 2.38. The number of anilines is 2. The van der Waals surface area contributed by atoms with Gasteiger partial charge < -0.3 is 10.6 Å². The monoisotopic (exact) mass is 262 g/mol. The molecule has 0 aliphatic rings. The zero-order chi connectivity index (χ0) is 14.0. The van der Waals surface area contributed by atoms with Gasteiger partial charge in [-0.15, -0.1) is 0 Å². The Bertz CT molecular complexity index is 565. The number of halogens is 2. The third-order valence-electron chi connectivity index (χ3n) is 3.07. The molecule has 0 bridgehead atoms. The van der Waals surface area contributed by atoms with E-state index in [1.165, 1.54) is 18.2 Å². The van der Waals surface area contributed by atoms with Gasteiger partial charge in [0, 0.05) is 18.8 Å². The summed E-state index contributed by atoms with van der Waals surface area (Å²) in [5.74, 6) is -0.661. The highest BCUT2D eigenvalue weighted by molar-refractivity contribution is 5.63. The number of nitrogens with two attached hydrogens (primary N) is 1. The molecule has 0 aromatic heterocycles. The smallest absolute Gasteiger partial charge is 0.147 e. The fourth-order valence-electron chi connectivity index (χ4n) is 1.88. The molecule has 2 rings (SSSR count). The number of benzene rings is 2. The van der Waals surface area contributed by atoms with Crippen LogP contribution >= 0.6 is 0 Å². The normalized spacial score (nSPS) is 12.3. The molecule has 2 N–H and O–H groups in total. The van der Waals surface area contributed by atoms with E-state index in [9.17, 15) is 8.78 Å². The molecule has 0 fully saturated rings.